The first-order chi connectivity index (χ1) is 10.8. The molecule has 1 aliphatic rings. The van der Waals surface area contributed by atoms with Crippen molar-refractivity contribution in [3.05, 3.63) is 22.4 Å². The van der Waals surface area contributed by atoms with E-state index in [1.807, 2.05) is 11.3 Å². The molecule has 0 bridgehead atoms. The van der Waals surface area contributed by atoms with E-state index in [2.05, 4.69) is 35.0 Å². The Hall–Kier alpha value is -1.20. The number of nitrogens with zero attached hydrogens (tertiary/aromatic N) is 3. The van der Waals surface area contributed by atoms with Crippen molar-refractivity contribution in [1.29, 1.82) is 0 Å². The van der Waals surface area contributed by atoms with E-state index in [9.17, 15) is 0 Å². The van der Waals surface area contributed by atoms with Crippen LogP contribution < -0.4 is 0 Å². The molecule has 2 aromatic rings. The van der Waals surface area contributed by atoms with E-state index in [1.165, 1.54) is 36.1 Å². The predicted octanol–water partition coefficient (Wildman–Crippen LogP) is 4.30. The molecular formula is C17H25N3OS. The van der Waals surface area contributed by atoms with Crippen LogP contribution in [0.15, 0.2) is 10.5 Å². The van der Waals surface area contributed by atoms with Gasteiger partial charge in [-0.3, -0.25) is 4.90 Å². The summed E-state index contributed by atoms with van der Waals surface area (Å²) in [4.78, 5) is 5.04. The molecule has 0 fully saturated rings. The van der Waals surface area contributed by atoms with Gasteiger partial charge in [0.05, 0.1) is 11.4 Å². The van der Waals surface area contributed by atoms with Crippen LogP contribution in [0, 0.1) is 0 Å². The fourth-order valence-electron chi connectivity index (χ4n) is 3.11. The summed E-state index contributed by atoms with van der Waals surface area (Å²) in [5.41, 5.74) is 1.49. The van der Waals surface area contributed by atoms with Crippen molar-refractivity contribution in [3.63, 3.8) is 0 Å². The second kappa shape index (κ2) is 7.38. The van der Waals surface area contributed by atoms with Crippen molar-refractivity contribution in [2.75, 3.05) is 13.1 Å². The molecule has 5 heteroatoms. The summed E-state index contributed by atoms with van der Waals surface area (Å²) in [7, 11) is 0. The molecule has 0 aliphatic heterocycles. The van der Waals surface area contributed by atoms with Gasteiger partial charge in [-0.15, -0.1) is 21.5 Å². The molecule has 2 heterocycles. The molecule has 4 nitrogen and oxygen atoms in total. The Morgan fingerprint density at radius 2 is 1.91 bits per heavy atom. The number of aromatic nitrogens is 2. The van der Waals surface area contributed by atoms with E-state index in [1.54, 1.807) is 0 Å². The van der Waals surface area contributed by atoms with Crippen LogP contribution in [0.25, 0.3) is 10.8 Å². The van der Waals surface area contributed by atoms with Crippen molar-refractivity contribution < 1.29 is 4.42 Å². The molecule has 0 unspecified atom stereocenters. The van der Waals surface area contributed by atoms with Crippen LogP contribution in [0.5, 0.6) is 0 Å². The molecule has 22 heavy (non-hydrogen) atoms. The molecule has 0 N–H and O–H groups in total. The molecule has 3 rings (SSSR count). The van der Waals surface area contributed by atoms with E-state index in [4.69, 9.17) is 4.42 Å². The minimum Gasteiger partial charge on any atom is -0.419 e. The first kappa shape index (κ1) is 15.7. The van der Waals surface area contributed by atoms with Gasteiger partial charge in [0.25, 0.3) is 5.89 Å². The summed E-state index contributed by atoms with van der Waals surface area (Å²) >= 11 is 1.83. The third-order valence-corrected chi connectivity index (χ3v) is 5.34. The van der Waals surface area contributed by atoms with Crippen molar-refractivity contribution in [3.8, 4) is 10.8 Å². The summed E-state index contributed by atoms with van der Waals surface area (Å²) < 4.78 is 5.92. The van der Waals surface area contributed by atoms with Gasteiger partial charge in [0, 0.05) is 4.88 Å². The van der Waals surface area contributed by atoms with Gasteiger partial charge in [-0.2, -0.15) is 0 Å². The SMILES string of the molecule is CCCN(CCC)Cc1nnc(-c2cc3c(s2)CCCC3)o1. The van der Waals surface area contributed by atoms with Gasteiger partial charge in [0.2, 0.25) is 5.89 Å². The summed E-state index contributed by atoms with van der Waals surface area (Å²) in [6.07, 6.45) is 7.33. The summed E-state index contributed by atoms with van der Waals surface area (Å²) in [6.45, 7) is 7.34. The Labute approximate surface area is 136 Å². The lowest BCUT2D eigenvalue weighted by Crippen LogP contribution is -2.25. The fourth-order valence-corrected chi connectivity index (χ4v) is 4.28. The van der Waals surface area contributed by atoms with Crippen molar-refractivity contribution in [2.45, 2.75) is 58.9 Å². The number of hydrogen-bond donors (Lipinski definition) is 0. The smallest absolute Gasteiger partial charge is 0.257 e. The zero-order valence-electron chi connectivity index (χ0n) is 13.6. The first-order valence-corrected chi connectivity index (χ1v) is 9.28. The first-order valence-electron chi connectivity index (χ1n) is 8.46. The van der Waals surface area contributed by atoms with Crippen molar-refractivity contribution in [1.82, 2.24) is 15.1 Å². The quantitative estimate of drug-likeness (QED) is 0.763. The van der Waals surface area contributed by atoms with E-state index < -0.39 is 0 Å². The zero-order chi connectivity index (χ0) is 15.4. The molecule has 0 amide bonds. The Bertz CT molecular complexity index is 575. The summed E-state index contributed by atoms with van der Waals surface area (Å²) in [5.74, 6) is 1.44. The maximum absolute atomic E-state index is 5.92. The second-order valence-corrected chi connectivity index (χ2v) is 7.18. The molecule has 120 valence electrons. The van der Waals surface area contributed by atoms with Crippen molar-refractivity contribution >= 4 is 11.3 Å². The monoisotopic (exact) mass is 319 g/mol. The van der Waals surface area contributed by atoms with Crippen LogP contribution in [-0.4, -0.2) is 28.2 Å². The molecule has 2 aromatic heterocycles. The highest BCUT2D eigenvalue weighted by atomic mass is 32.1. The minimum absolute atomic E-state index is 0.697. The summed E-state index contributed by atoms with van der Waals surface area (Å²) in [6, 6.07) is 2.26. The maximum atomic E-state index is 5.92. The lowest BCUT2D eigenvalue weighted by Gasteiger charge is -2.18. The van der Waals surface area contributed by atoms with Gasteiger partial charge in [0.1, 0.15) is 0 Å². The van der Waals surface area contributed by atoms with Crippen LogP contribution in [0.3, 0.4) is 0 Å². The molecule has 0 saturated heterocycles. The third kappa shape index (κ3) is 3.58. The van der Waals surface area contributed by atoms with Crippen LogP contribution in [-0.2, 0) is 19.4 Å². The summed E-state index contributed by atoms with van der Waals surface area (Å²) in [5, 5.41) is 8.52. The van der Waals surface area contributed by atoms with Crippen LogP contribution in [0.4, 0.5) is 0 Å². The van der Waals surface area contributed by atoms with E-state index in [-0.39, 0.29) is 0 Å². The Balaban J connectivity index is 1.71. The Kier molecular flexibility index (Phi) is 5.26. The number of fused-ring (bicyclic) bond motifs is 1. The normalized spacial score (nSPS) is 14.5. The molecule has 0 atom stereocenters. The molecule has 0 saturated carbocycles. The van der Waals surface area contributed by atoms with Gasteiger partial charge in [-0.1, -0.05) is 13.8 Å². The van der Waals surface area contributed by atoms with Crippen LogP contribution in [0.2, 0.25) is 0 Å². The Morgan fingerprint density at radius 1 is 1.14 bits per heavy atom. The second-order valence-electron chi connectivity index (χ2n) is 6.04. The minimum atomic E-state index is 0.697. The van der Waals surface area contributed by atoms with E-state index >= 15 is 0 Å². The average molecular weight is 319 g/mol. The van der Waals surface area contributed by atoms with Gasteiger partial charge in [-0.05, 0) is 63.2 Å². The third-order valence-electron chi connectivity index (χ3n) is 4.11. The molecule has 0 spiro atoms. The van der Waals surface area contributed by atoms with E-state index in [0.29, 0.717) is 5.89 Å². The Morgan fingerprint density at radius 3 is 2.64 bits per heavy atom. The molecule has 0 radical (unpaired) electrons. The topological polar surface area (TPSA) is 42.2 Å². The van der Waals surface area contributed by atoms with Crippen LogP contribution >= 0.6 is 11.3 Å². The van der Waals surface area contributed by atoms with Gasteiger partial charge in [-0.25, -0.2) is 0 Å². The maximum Gasteiger partial charge on any atom is 0.257 e. The fraction of sp³-hybridized carbons (Fsp3) is 0.647. The number of rotatable bonds is 7. The highest BCUT2D eigenvalue weighted by Gasteiger charge is 2.18. The van der Waals surface area contributed by atoms with Gasteiger partial charge >= 0.3 is 0 Å². The standard InChI is InChI=1S/C17H25N3OS/c1-3-9-20(10-4-2)12-16-18-19-17(21-16)15-11-13-7-5-6-8-14(13)22-15/h11H,3-10,12H2,1-2H3. The number of aryl methyl sites for hydroxylation is 2. The molecular weight excluding hydrogens is 294 g/mol. The predicted molar refractivity (Wildman–Crippen MR) is 90.1 cm³/mol. The number of hydrogen-bond acceptors (Lipinski definition) is 5. The molecule has 0 aromatic carbocycles. The van der Waals surface area contributed by atoms with E-state index in [0.717, 1.165) is 43.2 Å². The lowest BCUT2D eigenvalue weighted by molar-refractivity contribution is 0.240. The highest BCUT2D eigenvalue weighted by Crippen LogP contribution is 2.35. The highest BCUT2D eigenvalue weighted by molar-refractivity contribution is 7.15. The van der Waals surface area contributed by atoms with Gasteiger partial charge in [0.15, 0.2) is 0 Å². The average Bonchev–Trinajstić information content (AvgIpc) is 3.13. The zero-order valence-corrected chi connectivity index (χ0v) is 14.4. The largest absolute Gasteiger partial charge is 0.419 e. The number of thiophene rings is 1. The lowest BCUT2D eigenvalue weighted by atomic mass is 9.99. The van der Waals surface area contributed by atoms with Gasteiger partial charge < -0.3 is 4.42 Å². The molecule has 1 aliphatic carbocycles. The van der Waals surface area contributed by atoms with Crippen LogP contribution in [0.1, 0.15) is 55.9 Å². The van der Waals surface area contributed by atoms with Crippen molar-refractivity contribution in [2.24, 2.45) is 0 Å².